The molecular weight excluding hydrogens is 428 g/mol. The third-order valence-electron chi connectivity index (χ3n) is 8.72. The van der Waals surface area contributed by atoms with E-state index >= 15 is 0 Å². The molecule has 0 spiro atoms. The summed E-state index contributed by atoms with van der Waals surface area (Å²) < 4.78 is 0. The predicted octanol–water partition coefficient (Wildman–Crippen LogP) is 9.37. The molecule has 0 heterocycles. The Kier molecular flexibility index (Phi) is 10.8. The minimum atomic E-state index is 0.716. The lowest BCUT2D eigenvalue weighted by atomic mass is 9.74. The maximum Gasteiger partial charge on any atom is 0.150 e. The highest BCUT2D eigenvalue weighted by Crippen LogP contribution is 2.40. The van der Waals surface area contributed by atoms with Crippen LogP contribution in [-0.4, -0.2) is 12.6 Å². The van der Waals surface area contributed by atoms with Crippen LogP contribution in [0.4, 0.5) is 0 Å². The van der Waals surface area contributed by atoms with E-state index in [4.69, 9.17) is 0 Å². The zero-order valence-electron chi connectivity index (χ0n) is 22.5. The molecule has 2 atom stereocenters. The van der Waals surface area contributed by atoms with Crippen LogP contribution in [0.25, 0.3) is 0 Å². The molecule has 0 amide bonds. The van der Waals surface area contributed by atoms with Crippen LogP contribution in [0.3, 0.4) is 0 Å². The molecule has 2 aliphatic rings. The molecule has 0 aromatic heterocycles. The molecule has 2 aromatic rings. The zero-order chi connectivity index (χ0) is 25.2. The van der Waals surface area contributed by atoms with E-state index in [1.807, 2.05) is 26.0 Å². The number of aryl methyl sites for hydroxylation is 2. The molecule has 2 nitrogen and oxygen atoms in total. The summed E-state index contributed by atoms with van der Waals surface area (Å²) in [6.07, 6.45) is 16.8. The second kappa shape index (κ2) is 13.8. The first-order valence-electron chi connectivity index (χ1n) is 14.1. The normalized spacial score (nSPS) is 24.2. The van der Waals surface area contributed by atoms with E-state index in [2.05, 4.69) is 38.1 Å². The summed E-state index contributed by atoms with van der Waals surface area (Å²) in [7, 11) is 0. The number of benzene rings is 2. The maximum atomic E-state index is 10.8. The van der Waals surface area contributed by atoms with Crippen molar-refractivity contribution in [2.24, 2.45) is 11.8 Å². The number of hydrogen-bond acceptors (Lipinski definition) is 2. The fourth-order valence-electron chi connectivity index (χ4n) is 6.47. The van der Waals surface area contributed by atoms with Gasteiger partial charge in [-0.15, -0.1) is 0 Å². The Balaban J connectivity index is 0.000000196. The van der Waals surface area contributed by atoms with Crippen LogP contribution in [0.5, 0.6) is 0 Å². The molecule has 2 saturated carbocycles. The summed E-state index contributed by atoms with van der Waals surface area (Å²) in [4.78, 5) is 21.7. The van der Waals surface area contributed by atoms with Crippen LogP contribution in [0.1, 0.15) is 139 Å². The van der Waals surface area contributed by atoms with Crippen molar-refractivity contribution in [3.63, 3.8) is 0 Å². The third-order valence-corrected chi connectivity index (χ3v) is 8.72. The summed E-state index contributed by atoms with van der Waals surface area (Å²) in [5, 5.41) is 0. The smallest absolute Gasteiger partial charge is 0.150 e. The summed E-state index contributed by atoms with van der Waals surface area (Å²) in [6, 6.07) is 12.7. The lowest BCUT2D eigenvalue weighted by molar-refractivity contribution is 0.111. The van der Waals surface area contributed by atoms with Crippen LogP contribution in [0.2, 0.25) is 0 Å². The first kappa shape index (κ1) is 27.4. The van der Waals surface area contributed by atoms with E-state index in [1.54, 1.807) is 0 Å². The first-order chi connectivity index (χ1) is 17.0. The van der Waals surface area contributed by atoms with Gasteiger partial charge in [0.25, 0.3) is 0 Å². The second-order valence-electron chi connectivity index (χ2n) is 11.0. The SMILES string of the molecule is CCC1CCCCC1c1ccc(C=O)c(C)c1.CCCC1CCC(c2ccc(C=O)c(C)c2)CC1. The van der Waals surface area contributed by atoms with Gasteiger partial charge >= 0.3 is 0 Å². The van der Waals surface area contributed by atoms with E-state index in [0.29, 0.717) is 5.92 Å². The molecule has 0 bridgehead atoms. The Morgan fingerprint density at radius 2 is 1.31 bits per heavy atom. The highest BCUT2D eigenvalue weighted by atomic mass is 16.1. The molecule has 0 saturated heterocycles. The van der Waals surface area contributed by atoms with Crippen molar-refractivity contribution in [1.82, 2.24) is 0 Å². The maximum absolute atomic E-state index is 10.8. The van der Waals surface area contributed by atoms with E-state index in [9.17, 15) is 9.59 Å². The van der Waals surface area contributed by atoms with Gasteiger partial charge in [-0.05, 0) is 98.3 Å². The molecule has 0 aliphatic heterocycles. The Morgan fingerprint density at radius 3 is 1.86 bits per heavy atom. The molecule has 35 heavy (non-hydrogen) atoms. The van der Waals surface area contributed by atoms with E-state index in [-0.39, 0.29) is 0 Å². The van der Waals surface area contributed by atoms with E-state index in [1.165, 1.54) is 81.8 Å². The average molecular weight is 475 g/mol. The Bertz CT molecular complexity index is 952. The number of hydrogen-bond donors (Lipinski definition) is 0. The fraction of sp³-hybridized carbons (Fsp3) is 0.576. The quantitative estimate of drug-likeness (QED) is 0.374. The van der Waals surface area contributed by atoms with Crippen molar-refractivity contribution in [3.05, 3.63) is 69.8 Å². The average Bonchev–Trinajstić information content (AvgIpc) is 2.89. The molecule has 4 rings (SSSR count). The van der Waals surface area contributed by atoms with E-state index in [0.717, 1.165) is 52.6 Å². The van der Waals surface area contributed by atoms with Crippen molar-refractivity contribution < 1.29 is 9.59 Å². The fourth-order valence-corrected chi connectivity index (χ4v) is 6.47. The second-order valence-corrected chi connectivity index (χ2v) is 11.0. The molecule has 0 radical (unpaired) electrons. The molecule has 2 aromatic carbocycles. The summed E-state index contributed by atoms with van der Waals surface area (Å²) in [5.41, 5.74) is 6.79. The van der Waals surface area contributed by atoms with Gasteiger partial charge < -0.3 is 0 Å². The topological polar surface area (TPSA) is 34.1 Å². The van der Waals surface area contributed by atoms with Gasteiger partial charge in [-0.25, -0.2) is 0 Å². The van der Waals surface area contributed by atoms with Crippen LogP contribution >= 0.6 is 0 Å². The highest BCUT2D eigenvalue weighted by Gasteiger charge is 2.25. The third kappa shape index (κ3) is 7.38. The lowest BCUT2D eigenvalue weighted by Gasteiger charge is -2.31. The number of carbonyl (C=O) groups excluding carboxylic acids is 2. The summed E-state index contributed by atoms with van der Waals surface area (Å²) in [6.45, 7) is 8.66. The van der Waals surface area contributed by atoms with Crippen molar-refractivity contribution in [2.75, 3.05) is 0 Å². The van der Waals surface area contributed by atoms with Gasteiger partial charge in [0.05, 0.1) is 0 Å². The minimum Gasteiger partial charge on any atom is -0.298 e. The largest absolute Gasteiger partial charge is 0.298 e. The van der Waals surface area contributed by atoms with Crippen LogP contribution in [0.15, 0.2) is 36.4 Å². The van der Waals surface area contributed by atoms with Gasteiger partial charge in [0, 0.05) is 11.1 Å². The molecule has 2 unspecified atom stereocenters. The number of rotatable bonds is 7. The highest BCUT2D eigenvalue weighted by molar-refractivity contribution is 5.77. The van der Waals surface area contributed by atoms with Crippen LogP contribution < -0.4 is 0 Å². The molecule has 2 fully saturated rings. The first-order valence-corrected chi connectivity index (χ1v) is 14.1. The number of carbonyl (C=O) groups is 2. The van der Waals surface area contributed by atoms with Gasteiger partial charge in [0.2, 0.25) is 0 Å². The van der Waals surface area contributed by atoms with Gasteiger partial charge in [0.1, 0.15) is 12.6 Å². The van der Waals surface area contributed by atoms with Gasteiger partial charge in [-0.2, -0.15) is 0 Å². The molecular formula is C33H46O2. The van der Waals surface area contributed by atoms with E-state index < -0.39 is 0 Å². The van der Waals surface area contributed by atoms with Gasteiger partial charge in [-0.3, -0.25) is 9.59 Å². The van der Waals surface area contributed by atoms with Crippen molar-refractivity contribution in [2.45, 2.75) is 110 Å². The molecule has 0 N–H and O–H groups in total. The zero-order valence-corrected chi connectivity index (χ0v) is 22.5. The van der Waals surface area contributed by atoms with Crippen molar-refractivity contribution in [1.29, 1.82) is 0 Å². The number of aldehydes is 2. The van der Waals surface area contributed by atoms with Gasteiger partial charge in [0.15, 0.2) is 0 Å². The van der Waals surface area contributed by atoms with Crippen molar-refractivity contribution in [3.8, 4) is 0 Å². The summed E-state index contributed by atoms with van der Waals surface area (Å²) >= 11 is 0. The monoisotopic (exact) mass is 474 g/mol. The lowest BCUT2D eigenvalue weighted by Crippen LogP contribution is -2.17. The Hall–Kier alpha value is -2.22. The molecule has 2 heteroatoms. The predicted molar refractivity (Wildman–Crippen MR) is 148 cm³/mol. The summed E-state index contributed by atoms with van der Waals surface area (Å²) in [5.74, 6) is 3.23. The molecule has 2 aliphatic carbocycles. The van der Waals surface area contributed by atoms with Gasteiger partial charge in [-0.1, -0.05) is 82.3 Å². The molecule has 190 valence electrons. The Morgan fingerprint density at radius 1 is 0.743 bits per heavy atom. The standard InChI is InChI=1S/C17H24O.C16H22O/c1-3-4-14-5-7-15(8-6-14)16-9-10-17(12-18)13(2)11-16;1-3-13-6-4-5-7-16(13)14-8-9-15(11-17)12(2)10-14/h9-12,14-15H,3-8H2,1-2H3;8-11,13,16H,3-7H2,1-2H3. The van der Waals surface area contributed by atoms with Crippen LogP contribution in [-0.2, 0) is 0 Å². The minimum absolute atomic E-state index is 0.716. The van der Waals surface area contributed by atoms with Crippen molar-refractivity contribution >= 4 is 12.6 Å². The Labute approximate surface area is 213 Å². The van der Waals surface area contributed by atoms with Crippen LogP contribution in [0, 0.1) is 25.7 Å².